The van der Waals surface area contributed by atoms with Gasteiger partial charge in [0.05, 0.1) is 30.8 Å². The average Bonchev–Trinajstić information content (AvgIpc) is 3.17. The van der Waals surface area contributed by atoms with Gasteiger partial charge in [-0.1, -0.05) is 11.6 Å². The van der Waals surface area contributed by atoms with Gasteiger partial charge in [-0.05, 0) is 26.1 Å². The monoisotopic (exact) mass is 510 g/mol. The number of aliphatic hydroxyl groups is 1. The molecule has 34 heavy (non-hydrogen) atoms. The molecule has 3 aromatic rings. The molecule has 1 N–H and O–H groups in total. The fourth-order valence-corrected chi connectivity index (χ4v) is 4.81. The quantitative estimate of drug-likeness (QED) is 0.386. The summed E-state index contributed by atoms with van der Waals surface area (Å²) < 4.78 is 17.3. The summed E-state index contributed by atoms with van der Waals surface area (Å²) in [6.45, 7) is 0.681. The maximum atomic E-state index is 13.2. The van der Waals surface area contributed by atoms with Gasteiger partial charge in [0.2, 0.25) is 0 Å². The SMILES string of the molecule is COc1cc(OC)c2c(=O)cc(-c3ccc([N+](=O)[O-])cc3Cl)oc2c1[C@@H]1CCN(C)[C@H]1CO.Cl. The van der Waals surface area contributed by atoms with E-state index in [0.717, 1.165) is 13.0 Å². The van der Waals surface area contributed by atoms with Crippen molar-refractivity contribution in [2.75, 3.05) is 34.4 Å². The Labute approximate surface area is 206 Å². The van der Waals surface area contributed by atoms with E-state index in [1.165, 1.54) is 38.5 Å². The lowest BCUT2D eigenvalue weighted by Crippen LogP contribution is -2.32. The number of rotatable bonds is 6. The second-order valence-corrected chi connectivity index (χ2v) is 8.33. The molecule has 1 saturated heterocycles. The van der Waals surface area contributed by atoms with Crippen LogP contribution in [0.25, 0.3) is 22.3 Å². The zero-order valence-electron chi connectivity index (χ0n) is 18.7. The van der Waals surface area contributed by atoms with E-state index in [0.29, 0.717) is 22.6 Å². The molecule has 0 unspecified atom stereocenters. The smallest absolute Gasteiger partial charge is 0.270 e. The number of nitro benzene ring substituents is 1. The van der Waals surface area contributed by atoms with Gasteiger partial charge < -0.3 is 23.9 Å². The number of hydrogen-bond acceptors (Lipinski definition) is 8. The first-order valence-corrected chi connectivity index (χ1v) is 10.7. The Balaban J connectivity index is 0.00000324. The number of methoxy groups -OCH3 is 2. The summed E-state index contributed by atoms with van der Waals surface area (Å²) in [5, 5.41) is 21.4. The maximum Gasteiger partial charge on any atom is 0.270 e. The van der Waals surface area contributed by atoms with Crippen molar-refractivity contribution < 1.29 is 23.9 Å². The Kier molecular flexibility index (Phi) is 7.72. The van der Waals surface area contributed by atoms with Crippen molar-refractivity contribution >= 4 is 40.7 Å². The number of halogens is 2. The van der Waals surface area contributed by atoms with Crippen LogP contribution in [0, 0.1) is 10.1 Å². The fourth-order valence-electron chi connectivity index (χ4n) is 4.54. The van der Waals surface area contributed by atoms with Crippen LogP contribution in [0.1, 0.15) is 17.9 Å². The molecule has 4 rings (SSSR count). The van der Waals surface area contributed by atoms with E-state index in [4.69, 9.17) is 25.5 Å². The van der Waals surface area contributed by atoms with Crippen molar-refractivity contribution in [3.8, 4) is 22.8 Å². The van der Waals surface area contributed by atoms with Gasteiger partial charge in [0.25, 0.3) is 5.69 Å². The standard InChI is InChI=1S/C23H23ClN2O7.ClH/c1-25-7-6-14(16(25)11-27)21-19(31-2)10-20(32-3)22-17(28)9-18(33-23(21)22)13-5-4-12(26(29)30)8-15(13)24;/h4-5,8-10,14,16,27H,6-7,11H2,1-3H3;1H/t14-,16+;/m1./s1. The molecular weight excluding hydrogens is 487 g/mol. The number of aliphatic hydroxyl groups excluding tert-OH is 1. The molecule has 0 amide bonds. The number of fused-ring (bicyclic) bond motifs is 1. The van der Waals surface area contributed by atoms with E-state index in [-0.39, 0.29) is 63.8 Å². The van der Waals surface area contributed by atoms with E-state index in [9.17, 15) is 20.0 Å². The van der Waals surface area contributed by atoms with Gasteiger partial charge in [0.1, 0.15) is 28.2 Å². The normalized spacial score (nSPS) is 18.0. The highest BCUT2D eigenvalue weighted by Gasteiger charge is 2.37. The van der Waals surface area contributed by atoms with E-state index in [2.05, 4.69) is 4.90 Å². The van der Waals surface area contributed by atoms with Gasteiger partial charge in [-0.15, -0.1) is 12.4 Å². The summed E-state index contributed by atoms with van der Waals surface area (Å²) in [5.74, 6) is 0.783. The number of hydrogen-bond donors (Lipinski definition) is 1. The van der Waals surface area contributed by atoms with Crippen molar-refractivity contribution in [3.05, 3.63) is 61.3 Å². The third kappa shape index (κ3) is 4.32. The van der Waals surface area contributed by atoms with Gasteiger partial charge in [-0.2, -0.15) is 0 Å². The van der Waals surface area contributed by atoms with Gasteiger partial charge in [-0.25, -0.2) is 0 Å². The highest BCUT2D eigenvalue weighted by molar-refractivity contribution is 6.33. The highest BCUT2D eigenvalue weighted by Crippen LogP contribution is 2.45. The third-order valence-electron chi connectivity index (χ3n) is 6.22. The fraction of sp³-hybridized carbons (Fsp3) is 0.348. The van der Waals surface area contributed by atoms with Crippen LogP contribution < -0.4 is 14.9 Å². The third-order valence-corrected chi connectivity index (χ3v) is 6.53. The lowest BCUT2D eigenvalue weighted by atomic mass is 9.89. The first-order chi connectivity index (χ1) is 15.8. The molecule has 1 aromatic heterocycles. The number of benzene rings is 2. The molecule has 0 bridgehead atoms. The molecule has 0 radical (unpaired) electrons. The predicted octanol–water partition coefficient (Wildman–Crippen LogP) is 4.24. The summed E-state index contributed by atoms with van der Waals surface area (Å²) in [6.07, 6.45) is 0.728. The molecule has 1 aliphatic rings. The second-order valence-electron chi connectivity index (χ2n) is 7.92. The van der Waals surface area contributed by atoms with Crippen LogP contribution in [0.3, 0.4) is 0 Å². The molecule has 2 aromatic carbocycles. The molecule has 11 heteroatoms. The molecule has 0 saturated carbocycles. The molecule has 182 valence electrons. The average molecular weight is 511 g/mol. The summed E-state index contributed by atoms with van der Waals surface area (Å²) in [6, 6.07) is 6.71. The first kappa shape index (κ1) is 25.8. The zero-order chi connectivity index (χ0) is 23.9. The number of nitrogens with zero attached hydrogens (tertiary/aromatic N) is 2. The van der Waals surface area contributed by atoms with Crippen molar-refractivity contribution in [1.82, 2.24) is 4.90 Å². The van der Waals surface area contributed by atoms with Crippen LogP contribution >= 0.6 is 24.0 Å². The van der Waals surface area contributed by atoms with Crippen LogP contribution in [0.5, 0.6) is 11.5 Å². The molecule has 0 spiro atoms. The Morgan fingerprint density at radius 1 is 1.24 bits per heavy atom. The molecule has 1 fully saturated rings. The molecule has 1 aliphatic heterocycles. The van der Waals surface area contributed by atoms with Gasteiger partial charge >= 0.3 is 0 Å². The summed E-state index contributed by atoms with van der Waals surface area (Å²) in [4.78, 5) is 25.8. The Bertz CT molecular complexity index is 1290. The number of likely N-dealkylation sites (N-methyl/N-ethyl adjacent to an activating group) is 1. The van der Waals surface area contributed by atoms with Crippen LogP contribution in [-0.4, -0.2) is 55.4 Å². The van der Waals surface area contributed by atoms with Crippen molar-refractivity contribution in [2.24, 2.45) is 0 Å². The highest BCUT2D eigenvalue weighted by atomic mass is 35.5. The topological polar surface area (TPSA) is 115 Å². The van der Waals surface area contributed by atoms with Crippen LogP contribution in [0.4, 0.5) is 5.69 Å². The van der Waals surface area contributed by atoms with Gasteiger partial charge in [-0.3, -0.25) is 14.9 Å². The summed E-state index contributed by atoms with van der Waals surface area (Å²) in [7, 11) is 4.90. The molecule has 0 aliphatic carbocycles. The Morgan fingerprint density at radius 2 is 1.94 bits per heavy atom. The largest absolute Gasteiger partial charge is 0.496 e. The summed E-state index contributed by atoms with van der Waals surface area (Å²) >= 11 is 6.30. The van der Waals surface area contributed by atoms with Gasteiger partial charge in [0, 0.05) is 47.4 Å². The summed E-state index contributed by atoms with van der Waals surface area (Å²) in [5.41, 5.74) is 0.760. The van der Waals surface area contributed by atoms with Crippen molar-refractivity contribution in [3.63, 3.8) is 0 Å². The minimum absolute atomic E-state index is 0. The van der Waals surface area contributed by atoms with Crippen molar-refractivity contribution in [2.45, 2.75) is 18.4 Å². The number of non-ortho nitro benzene ring substituents is 1. The van der Waals surface area contributed by atoms with Crippen LogP contribution in [0.15, 0.2) is 39.5 Å². The Hall–Kier alpha value is -2.85. The minimum Gasteiger partial charge on any atom is -0.496 e. The van der Waals surface area contributed by atoms with E-state index >= 15 is 0 Å². The minimum atomic E-state index is -0.550. The second kappa shape index (κ2) is 10.2. The maximum absolute atomic E-state index is 13.2. The molecule has 2 heterocycles. The molecule has 2 atom stereocenters. The number of ether oxygens (including phenoxy) is 2. The van der Waals surface area contributed by atoms with E-state index in [1.54, 1.807) is 6.07 Å². The zero-order valence-corrected chi connectivity index (χ0v) is 20.3. The first-order valence-electron chi connectivity index (χ1n) is 10.3. The predicted molar refractivity (Wildman–Crippen MR) is 131 cm³/mol. The number of likely N-dealkylation sites (tertiary alicyclic amines) is 1. The van der Waals surface area contributed by atoms with E-state index < -0.39 is 4.92 Å². The van der Waals surface area contributed by atoms with Gasteiger partial charge in [0.15, 0.2) is 5.43 Å². The number of nitro groups is 1. The molecule has 9 nitrogen and oxygen atoms in total. The van der Waals surface area contributed by atoms with Crippen LogP contribution in [-0.2, 0) is 0 Å². The lowest BCUT2D eigenvalue weighted by Gasteiger charge is -2.25. The lowest BCUT2D eigenvalue weighted by molar-refractivity contribution is -0.384. The Morgan fingerprint density at radius 3 is 2.53 bits per heavy atom. The van der Waals surface area contributed by atoms with Crippen LogP contribution in [0.2, 0.25) is 5.02 Å². The molecular formula is C23H24Cl2N2O7. The van der Waals surface area contributed by atoms with E-state index in [1.807, 2.05) is 7.05 Å². The van der Waals surface area contributed by atoms with Crippen molar-refractivity contribution in [1.29, 1.82) is 0 Å².